The van der Waals surface area contributed by atoms with Gasteiger partial charge in [-0.05, 0) is 56.3 Å². The van der Waals surface area contributed by atoms with Gasteiger partial charge in [-0.1, -0.05) is 40.5 Å². The zero-order valence-corrected chi connectivity index (χ0v) is 18.9. The highest BCUT2D eigenvalue weighted by Crippen LogP contribution is 2.40. The molecule has 5 N–H and O–H groups in total. The maximum atomic E-state index is 12.4. The number of rotatable bonds is 7. The van der Waals surface area contributed by atoms with Crippen LogP contribution in [0.5, 0.6) is 0 Å². The van der Waals surface area contributed by atoms with Crippen molar-refractivity contribution in [2.75, 3.05) is 8.61 Å². The van der Waals surface area contributed by atoms with Gasteiger partial charge in [0.15, 0.2) is 5.84 Å². The van der Waals surface area contributed by atoms with Gasteiger partial charge in [-0.2, -0.15) is 0 Å². The Labute approximate surface area is 190 Å². The molecule has 3 rings (SSSR count). The molecule has 0 aliphatic heterocycles. The van der Waals surface area contributed by atoms with Crippen LogP contribution in [0.2, 0.25) is 0 Å². The van der Waals surface area contributed by atoms with E-state index in [2.05, 4.69) is 5.16 Å². The van der Waals surface area contributed by atoms with Gasteiger partial charge in [-0.15, -0.1) is 0 Å². The molecule has 3 aromatic rings. The Morgan fingerprint density at radius 1 is 0.781 bits per heavy atom. The van der Waals surface area contributed by atoms with Crippen LogP contribution in [0.3, 0.4) is 0 Å². The molecule has 0 saturated carbocycles. The van der Waals surface area contributed by atoms with Crippen molar-refractivity contribution >= 4 is 51.1 Å². The van der Waals surface area contributed by atoms with E-state index >= 15 is 0 Å². The molecule has 9 nitrogen and oxygen atoms in total. The van der Waals surface area contributed by atoms with E-state index in [9.17, 15) is 17.5 Å². The van der Waals surface area contributed by atoms with Crippen LogP contribution in [0, 0.1) is 13.8 Å². The van der Waals surface area contributed by atoms with Gasteiger partial charge in [0.05, 0.1) is 22.7 Å². The highest BCUT2D eigenvalue weighted by Gasteiger charge is 2.26. The molecule has 11 heteroatoms. The van der Waals surface area contributed by atoms with Crippen LogP contribution in [0.1, 0.15) is 16.7 Å². The molecule has 3 aromatic carbocycles. The van der Waals surface area contributed by atoms with E-state index in [1.165, 1.54) is 18.2 Å². The van der Waals surface area contributed by atoms with Crippen molar-refractivity contribution in [2.45, 2.75) is 13.8 Å². The maximum absolute atomic E-state index is 12.4. The summed E-state index contributed by atoms with van der Waals surface area (Å²) in [4.78, 5) is 0. The molecular formula is C21H22N4O5S2. The summed E-state index contributed by atoms with van der Waals surface area (Å²) in [6, 6.07) is 18.1. The Morgan fingerprint density at radius 2 is 1.22 bits per heavy atom. The second-order valence-corrected chi connectivity index (χ2v) is 8.56. The van der Waals surface area contributed by atoms with E-state index in [1.807, 2.05) is 13.8 Å². The van der Waals surface area contributed by atoms with E-state index in [0.717, 1.165) is 19.7 Å². The quantitative estimate of drug-likeness (QED) is 0.134. The van der Waals surface area contributed by atoms with Crippen molar-refractivity contribution in [1.29, 1.82) is 0 Å². The van der Waals surface area contributed by atoms with Crippen LogP contribution in [0.25, 0.3) is 0 Å². The largest absolute Gasteiger partial charge is 0.409 e. The Bertz CT molecular complexity index is 1180. The van der Waals surface area contributed by atoms with Crippen LogP contribution in [0.4, 0.5) is 22.7 Å². The van der Waals surface area contributed by atoms with Crippen LogP contribution in [-0.4, -0.2) is 28.6 Å². The van der Waals surface area contributed by atoms with Crippen molar-refractivity contribution in [1.82, 2.24) is 0 Å². The van der Waals surface area contributed by atoms with Gasteiger partial charge in [0.2, 0.25) is 0 Å². The standard InChI is InChI=1S/C21H22N4O5S2/c1-14-3-8-17(9-4-14)24(31(27)28)19-12-7-16(21(22)23-26)13-20(19)25(32(29)30)18-10-5-15(2)6-11-18/h3-13,26H,1-2H3,(H2,22,23)(H,27,28)(H,29,30). The lowest BCUT2D eigenvalue weighted by molar-refractivity contribution is 0.318. The maximum Gasteiger partial charge on any atom is 0.266 e. The SMILES string of the molecule is Cc1ccc(N(c2ccc(C(N)=NO)cc2N(c2ccc(C)cc2)S(=O)O)S(=O)O)cc1. The van der Waals surface area contributed by atoms with Crippen molar-refractivity contribution < 1.29 is 22.7 Å². The second-order valence-electron chi connectivity index (χ2n) is 6.91. The predicted molar refractivity (Wildman–Crippen MR) is 127 cm³/mol. The Kier molecular flexibility index (Phi) is 7.26. The first-order chi connectivity index (χ1) is 15.2. The molecule has 168 valence electrons. The fourth-order valence-electron chi connectivity index (χ4n) is 3.06. The van der Waals surface area contributed by atoms with Gasteiger partial charge >= 0.3 is 0 Å². The van der Waals surface area contributed by atoms with Crippen molar-refractivity contribution in [2.24, 2.45) is 10.9 Å². The molecule has 0 amide bonds. The van der Waals surface area contributed by atoms with E-state index in [-0.39, 0.29) is 22.8 Å². The Morgan fingerprint density at radius 3 is 1.62 bits per heavy atom. The molecule has 0 saturated heterocycles. The molecular weight excluding hydrogens is 452 g/mol. The third kappa shape index (κ3) is 4.97. The number of hydrogen-bond acceptors (Lipinski definition) is 4. The van der Waals surface area contributed by atoms with E-state index in [0.29, 0.717) is 11.4 Å². The van der Waals surface area contributed by atoms with Crippen LogP contribution >= 0.6 is 0 Å². The molecule has 0 radical (unpaired) electrons. The summed E-state index contributed by atoms with van der Waals surface area (Å²) in [5, 5.41) is 12.1. The average molecular weight is 475 g/mol. The first-order valence-corrected chi connectivity index (χ1v) is 11.4. The van der Waals surface area contributed by atoms with Gasteiger partial charge in [0.25, 0.3) is 22.5 Å². The van der Waals surface area contributed by atoms with E-state index in [1.54, 1.807) is 48.5 Å². The fraction of sp³-hybridized carbons (Fsp3) is 0.0952. The first kappa shape index (κ1) is 23.4. The molecule has 2 unspecified atom stereocenters. The highest BCUT2D eigenvalue weighted by atomic mass is 32.2. The normalized spacial score (nSPS) is 13.4. The monoisotopic (exact) mass is 474 g/mol. The number of hydrogen-bond donors (Lipinski definition) is 4. The minimum Gasteiger partial charge on any atom is -0.409 e. The number of nitrogens with zero attached hydrogens (tertiary/aromatic N) is 3. The summed E-state index contributed by atoms with van der Waals surface area (Å²) in [7, 11) is 0. The lowest BCUT2D eigenvalue weighted by Gasteiger charge is -2.28. The van der Waals surface area contributed by atoms with Gasteiger partial charge < -0.3 is 10.9 Å². The summed E-state index contributed by atoms with van der Waals surface area (Å²) in [5.74, 6) is -0.225. The van der Waals surface area contributed by atoms with Crippen molar-refractivity contribution in [3.05, 3.63) is 83.4 Å². The van der Waals surface area contributed by atoms with E-state index in [4.69, 9.17) is 10.9 Å². The minimum atomic E-state index is -2.55. The number of benzene rings is 3. The van der Waals surface area contributed by atoms with Crippen LogP contribution in [-0.2, 0) is 22.5 Å². The molecule has 0 fully saturated rings. The Balaban J connectivity index is 2.30. The molecule has 0 spiro atoms. The van der Waals surface area contributed by atoms with Crippen molar-refractivity contribution in [3.63, 3.8) is 0 Å². The lowest BCUT2D eigenvalue weighted by atomic mass is 10.1. The number of anilines is 4. The molecule has 0 aliphatic rings. The zero-order valence-electron chi connectivity index (χ0n) is 17.2. The summed E-state index contributed by atoms with van der Waals surface area (Å²) >= 11 is -5.07. The van der Waals surface area contributed by atoms with Gasteiger partial charge in [0.1, 0.15) is 0 Å². The minimum absolute atomic E-state index is 0.0989. The smallest absolute Gasteiger partial charge is 0.266 e. The average Bonchev–Trinajstić information content (AvgIpc) is 2.76. The first-order valence-electron chi connectivity index (χ1n) is 9.30. The summed E-state index contributed by atoms with van der Waals surface area (Å²) in [6.07, 6.45) is 0. The number of aryl methyl sites for hydroxylation is 2. The molecule has 32 heavy (non-hydrogen) atoms. The molecule has 2 atom stereocenters. The van der Waals surface area contributed by atoms with Crippen molar-refractivity contribution in [3.8, 4) is 0 Å². The summed E-state index contributed by atoms with van der Waals surface area (Å²) in [5.41, 5.74) is 8.90. The number of oxime groups is 1. The zero-order chi connectivity index (χ0) is 23.4. The summed E-state index contributed by atoms with van der Waals surface area (Å²) in [6.45, 7) is 3.76. The van der Waals surface area contributed by atoms with E-state index < -0.39 is 22.5 Å². The Hall–Kier alpha value is -3.25. The molecule has 0 heterocycles. The highest BCUT2D eigenvalue weighted by molar-refractivity contribution is 7.81. The molecule has 0 aliphatic carbocycles. The third-order valence-electron chi connectivity index (χ3n) is 4.67. The predicted octanol–water partition coefficient (Wildman–Crippen LogP) is 3.95. The third-order valence-corrected chi connectivity index (χ3v) is 6.11. The number of amidine groups is 1. The number of nitrogens with two attached hydrogens (primary N) is 1. The summed E-state index contributed by atoms with van der Waals surface area (Å²) < 4.78 is 47.3. The molecule has 0 aromatic heterocycles. The topological polar surface area (TPSA) is 140 Å². The molecule has 0 bridgehead atoms. The van der Waals surface area contributed by atoms with Gasteiger partial charge in [-0.3, -0.25) is 9.11 Å². The van der Waals surface area contributed by atoms with Gasteiger partial charge in [0, 0.05) is 5.56 Å². The van der Waals surface area contributed by atoms with Crippen LogP contribution < -0.4 is 14.3 Å². The lowest BCUT2D eigenvalue weighted by Crippen LogP contribution is -2.26. The van der Waals surface area contributed by atoms with Gasteiger partial charge in [-0.25, -0.2) is 17.0 Å². The second kappa shape index (κ2) is 9.92. The van der Waals surface area contributed by atoms with Crippen LogP contribution in [0.15, 0.2) is 71.9 Å². The fourth-order valence-corrected chi connectivity index (χ4v) is 4.30.